The number of rotatable bonds is 4. The van der Waals surface area contributed by atoms with E-state index >= 15 is 0 Å². The van der Waals surface area contributed by atoms with Gasteiger partial charge < -0.3 is 9.47 Å². The van der Waals surface area contributed by atoms with Gasteiger partial charge in [-0.3, -0.25) is 9.69 Å². The quantitative estimate of drug-likeness (QED) is 0.771. The molecule has 1 saturated heterocycles. The molecule has 1 aromatic rings. The Morgan fingerprint density at radius 3 is 3.05 bits per heavy atom. The number of methoxy groups -OCH3 is 2. The van der Waals surface area contributed by atoms with Gasteiger partial charge in [0, 0.05) is 19.2 Å². The minimum absolute atomic E-state index is 0.00985. The molecule has 0 aromatic carbocycles. The maximum absolute atomic E-state index is 11.6. The van der Waals surface area contributed by atoms with Gasteiger partial charge in [0.15, 0.2) is 0 Å². The Morgan fingerprint density at radius 1 is 1.47 bits per heavy atom. The van der Waals surface area contributed by atoms with E-state index in [-0.39, 0.29) is 11.9 Å². The topological polar surface area (TPSA) is 51.7 Å². The molecule has 1 aromatic heterocycles. The standard InChI is InChI=1S/C14H20N2O3/c1-18-13-7-3-6-12(15-13)10-16-8-4-5-11(9-16)14(17)19-2/h3,6-7,11H,4-5,8-10H2,1-2H3/t11-/m0/s1. The first-order valence-electron chi connectivity index (χ1n) is 6.53. The molecule has 5 nitrogen and oxygen atoms in total. The zero-order valence-corrected chi connectivity index (χ0v) is 11.5. The van der Waals surface area contributed by atoms with Crippen molar-refractivity contribution in [2.45, 2.75) is 19.4 Å². The number of hydrogen-bond acceptors (Lipinski definition) is 5. The summed E-state index contributed by atoms with van der Waals surface area (Å²) in [7, 11) is 3.06. The molecule has 19 heavy (non-hydrogen) atoms. The molecule has 1 aliphatic heterocycles. The van der Waals surface area contributed by atoms with Crippen LogP contribution >= 0.6 is 0 Å². The van der Waals surface area contributed by atoms with Crippen LogP contribution in [0.15, 0.2) is 18.2 Å². The second-order valence-corrected chi connectivity index (χ2v) is 4.77. The van der Waals surface area contributed by atoms with Gasteiger partial charge in [0.1, 0.15) is 0 Å². The lowest BCUT2D eigenvalue weighted by Crippen LogP contribution is -2.38. The van der Waals surface area contributed by atoms with Crippen molar-refractivity contribution < 1.29 is 14.3 Å². The fourth-order valence-corrected chi connectivity index (χ4v) is 2.45. The van der Waals surface area contributed by atoms with Gasteiger partial charge in [0.05, 0.1) is 25.8 Å². The zero-order chi connectivity index (χ0) is 13.7. The fourth-order valence-electron chi connectivity index (χ4n) is 2.45. The second kappa shape index (κ2) is 6.52. The summed E-state index contributed by atoms with van der Waals surface area (Å²) in [5, 5.41) is 0. The number of carbonyl (C=O) groups excluding carboxylic acids is 1. The Balaban J connectivity index is 1.96. The summed E-state index contributed by atoms with van der Waals surface area (Å²) < 4.78 is 9.94. The third kappa shape index (κ3) is 3.67. The van der Waals surface area contributed by atoms with E-state index in [2.05, 4.69) is 9.88 Å². The smallest absolute Gasteiger partial charge is 0.309 e. The molecule has 2 rings (SSSR count). The Hall–Kier alpha value is -1.62. The molecule has 0 spiro atoms. The van der Waals surface area contributed by atoms with Gasteiger partial charge in [-0.25, -0.2) is 4.98 Å². The highest BCUT2D eigenvalue weighted by Gasteiger charge is 2.26. The van der Waals surface area contributed by atoms with Crippen molar-refractivity contribution in [3.05, 3.63) is 23.9 Å². The Kier molecular flexibility index (Phi) is 4.74. The first kappa shape index (κ1) is 13.8. The minimum atomic E-state index is -0.108. The predicted molar refractivity (Wildman–Crippen MR) is 70.8 cm³/mol. The zero-order valence-electron chi connectivity index (χ0n) is 11.5. The number of nitrogens with zero attached hydrogens (tertiary/aromatic N) is 2. The molecule has 0 bridgehead atoms. The van der Waals surface area contributed by atoms with Gasteiger partial charge in [-0.2, -0.15) is 0 Å². The van der Waals surface area contributed by atoms with Crippen molar-refractivity contribution in [1.29, 1.82) is 0 Å². The van der Waals surface area contributed by atoms with E-state index in [1.807, 2.05) is 18.2 Å². The number of pyridine rings is 1. The summed E-state index contributed by atoms with van der Waals surface area (Å²) in [6.07, 6.45) is 1.93. The maximum atomic E-state index is 11.6. The van der Waals surface area contributed by atoms with E-state index in [9.17, 15) is 4.79 Å². The van der Waals surface area contributed by atoms with Gasteiger partial charge in [-0.1, -0.05) is 6.07 Å². The number of aromatic nitrogens is 1. The molecule has 1 fully saturated rings. The molecule has 0 aliphatic carbocycles. The lowest BCUT2D eigenvalue weighted by molar-refractivity contribution is -0.147. The van der Waals surface area contributed by atoms with E-state index in [1.54, 1.807) is 7.11 Å². The molecule has 0 amide bonds. The largest absolute Gasteiger partial charge is 0.481 e. The summed E-state index contributed by atoms with van der Waals surface area (Å²) >= 11 is 0. The molecule has 104 valence electrons. The molecule has 0 radical (unpaired) electrons. The number of piperidine rings is 1. The normalized spacial score (nSPS) is 20.0. The van der Waals surface area contributed by atoms with Crippen LogP contribution in [0.3, 0.4) is 0 Å². The molecular formula is C14H20N2O3. The van der Waals surface area contributed by atoms with E-state index in [0.29, 0.717) is 5.88 Å². The highest BCUT2D eigenvalue weighted by Crippen LogP contribution is 2.19. The Morgan fingerprint density at radius 2 is 2.32 bits per heavy atom. The molecule has 0 N–H and O–H groups in total. The lowest BCUT2D eigenvalue weighted by atomic mass is 9.98. The van der Waals surface area contributed by atoms with Crippen molar-refractivity contribution in [3.63, 3.8) is 0 Å². The average molecular weight is 264 g/mol. The number of carbonyl (C=O) groups is 1. The summed E-state index contributed by atoms with van der Waals surface area (Å²) in [5.74, 6) is 0.506. The second-order valence-electron chi connectivity index (χ2n) is 4.77. The predicted octanol–water partition coefficient (Wildman–Crippen LogP) is 1.48. The summed E-state index contributed by atoms with van der Waals surface area (Å²) in [5.41, 5.74) is 0.963. The van der Waals surface area contributed by atoms with Gasteiger partial charge >= 0.3 is 5.97 Å². The third-order valence-corrected chi connectivity index (χ3v) is 3.42. The summed E-state index contributed by atoms with van der Waals surface area (Å²) in [6.45, 7) is 2.47. The number of hydrogen-bond donors (Lipinski definition) is 0. The first-order valence-corrected chi connectivity index (χ1v) is 6.53. The van der Waals surface area contributed by atoms with E-state index < -0.39 is 0 Å². The van der Waals surface area contributed by atoms with Crippen LogP contribution in [0.5, 0.6) is 5.88 Å². The van der Waals surface area contributed by atoms with Crippen molar-refractivity contribution in [1.82, 2.24) is 9.88 Å². The number of ether oxygens (including phenoxy) is 2. The van der Waals surface area contributed by atoms with E-state index in [4.69, 9.17) is 9.47 Å². The van der Waals surface area contributed by atoms with E-state index in [1.165, 1.54) is 7.11 Å². The molecule has 2 heterocycles. The van der Waals surface area contributed by atoms with Crippen LogP contribution in [-0.4, -0.2) is 43.2 Å². The highest BCUT2D eigenvalue weighted by atomic mass is 16.5. The van der Waals surface area contributed by atoms with Crippen molar-refractivity contribution in [2.24, 2.45) is 5.92 Å². The van der Waals surface area contributed by atoms with Gasteiger partial charge in [-0.15, -0.1) is 0 Å². The van der Waals surface area contributed by atoms with Crippen LogP contribution in [0.4, 0.5) is 0 Å². The van der Waals surface area contributed by atoms with Gasteiger partial charge in [0.25, 0.3) is 0 Å². The van der Waals surface area contributed by atoms with Crippen molar-refractivity contribution in [2.75, 3.05) is 27.3 Å². The molecule has 1 aliphatic rings. The number of likely N-dealkylation sites (tertiary alicyclic amines) is 1. The molecule has 1 atom stereocenters. The molecular weight excluding hydrogens is 244 g/mol. The summed E-state index contributed by atoms with van der Waals surface area (Å²) in [4.78, 5) is 18.2. The first-order chi connectivity index (χ1) is 9.22. The highest BCUT2D eigenvalue weighted by molar-refractivity contribution is 5.72. The minimum Gasteiger partial charge on any atom is -0.481 e. The van der Waals surface area contributed by atoms with Gasteiger partial charge in [-0.05, 0) is 25.5 Å². The Bertz CT molecular complexity index is 436. The summed E-state index contributed by atoms with van der Waals surface area (Å²) in [6, 6.07) is 5.74. The van der Waals surface area contributed by atoms with E-state index in [0.717, 1.165) is 38.2 Å². The molecule has 0 unspecified atom stereocenters. The van der Waals surface area contributed by atoms with Gasteiger partial charge in [0.2, 0.25) is 5.88 Å². The monoisotopic (exact) mass is 264 g/mol. The maximum Gasteiger partial charge on any atom is 0.309 e. The Labute approximate surface area is 113 Å². The van der Waals surface area contributed by atoms with Crippen LogP contribution in [0, 0.1) is 5.92 Å². The lowest BCUT2D eigenvalue weighted by Gasteiger charge is -2.30. The average Bonchev–Trinajstić information content (AvgIpc) is 2.47. The van der Waals surface area contributed by atoms with Crippen LogP contribution < -0.4 is 4.74 Å². The fraction of sp³-hybridized carbons (Fsp3) is 0.571. The van der Waals surface area contributed by atoms with Crippen LogP contribution in [0.25, 0.3) is 0 Å². The SMILES string of the molecule is COC(=O)[C@H]1CCCN(Cc2cccc(OC)n2)C1. The van der Waals surface area contributed by atoms with Crippen molar-refractivity contribution in [3.8, 4) is 5.88 Å². The molecule has 5 heteroatoms. The van der Waals surface area contributed by atoms with Crippen LogP contribution in [0.1, 0.15) is 18.5 Å². The molecule has 0 saturated carbocycles. The van der Waals surface area contributed by atoms with Crippen LogP contribution in [-0.2, 0) is 16.1 Å². The van der Waals surface area contributed by atoms with Crippen LogP contribution in [0.2, 0.25) is 0 Å². The third-order valence-electron chi connectivity index (χ3n) is 3.42. The number of esters is 1. The van der Waals surface area contributed by atoms with Crippen molar-refractivity contribution >= 4 is 5.97 Å².